The van der Waals surface area contributed by atoms with Gasteiger partial charge in [-0.05, 0) is 12.3 Å². The molecule has 0 aromatic rings. The maximum atomic E-state index is 11.9. The number of aliphatic hydroxyl groups is 1. The van der Waals surface area contributed by atoms with Crippen LogP contribution < -0.4 is 5.32 Å². The van der Waals surface area contributed by atoms with E-state index in [2.05, 4.69) is 5.32 Å². The van der Waals surface area contributed by atoms with Gasteiger partial charge in [0.1, 0.15) is 0 Å². The third-order valence-corrected chi connectivity index (χ3v) is 2.04. The van der Waals surface area contributed by atoms with Crippen LogP contribution in [0.25, 0.3) is 0 Å². The Bertz CT molecular complexity index is 151. The maximum absolute atomic E-state index is 11.9. The number of rotatable bonds is 3. The number of carbonyl (C=O) groups is 1. The highest BCUT2D eigenvalue weighted by molar-refractivity contribution is 5.79. The summed E-state index contributed by atoms with van der Waals surface area (Å²) < 4.78 is 11.9. The van der Waals surface area contributed by atoms with E-state index in [9.17, 15) is 9.18 Å². The molecule has 0 saturated carbocycles. The number of alkyl halides is 1. The zero-order chi connectivity index (χ0) is 8.27. The summed E-state index contributed by atoms with van der Waals surface area (Å²) in [5.41, 5.74) is 0. The Morgan fingerprint density at radius 3 is 3.00 bits per heavy atom. The van der Waals surface area contributed by atoms with Crippen LogP contribution in [0.2, 0.25) is 0 Å². The minimum Gasteiger partial charge on any atom is -0.394 e. The number of aliphatic hydroxyl groups excluding tert-OH is 1. The quantitative estimate of drug-likeness (QED) is 0.604. The van der Waals surface area contributed by atoms with Crippen LogP contribution in [0.4, 0.5) is 4.39 Å². The lowest BCUT2D eigenvalue weighted by Gasteiger charge is -2.13. The van der Waals surface area contributed by atoms with E-state index in [1.807, 2.05) is 0 Å². The van der Waals surface area contributed by atoms with Gasteiger partial charge in [0, 0.05) is 6.42 Å². The summed E-state index contributed by atoms with van der Waals surface area (Å²) in [6, 6.07) is -0.224. The van der Waals surface area contributed by atoms with Gasteiger partial charge in [-0.3, -0.25) is 9.18 Å². The first-order valence-corrected chi connectivity index (χ1v) is 3.74. The average Bonchev–Trinajstić information content (AvgIpc) is 2.32. The normalized spacial score (nSPS) is 30.5. The van der Waals surface area contributed by atoms with Gasteiger partial charge in [0.25, 0.3) is 0 Å². The third kappa shape index (κ3) is 1.89. The molecule has 2 N–H and O–H groups in total. The summed E-state index contributed by atoms with van der Waals surface area (Å²) in [6.45, 7) is -0.507. The van der Waals surface area contributed by atoms with Crippen molar-refractivity contribution in [3.8, 4) is 0 Å². The zero-order valence-electron chi connectivity index (χ0n) is 6.22. The molecule has 11 heavy (non-hydrogen) atoms. The van der Waals surface area contributed by atoms with Crippen molar-refractivity contribution >= 4 is 5.91 Å². The van der Waals surface area contributed by atoms with Gasteiger partial charge in [0.2, 0.25) is 5.91 Å². The van der Waals surface area contributed by atoms with Gasteiger partial charge in [0.05, 0.1) is 19.3 Å². The summed E-state index contributed by atoms with van der Waals surface area (Å²) in [5.74, 6) is -0.0972. The Balaban J connectivity index is 2.43. The molecule has 1 heterocycles. The fourth-order valence-corrected chi connectivity index (χ4v) is 1.40. The highest BCUT2D eigenvalue weighted by Gasteiger charge is 2.30. The van der Waals surface area contributed by atoms with E-state index in [4.69, 9.17) is 5.11 Å². The summed E-state index contributed by atoms with van der Waals surface area (Å²) in [6.07, 6.45) is 0.721. The fourth-order valence-electron chi connectivity index (χ4n) is 1.40. The molecule has 1 aliphatic rings. The zero-order valence-corrected chi connectivity index (χ0v) is 6.22. The Hall–Kier alpha value is -0.640. The van der Waals surface area contributed by atoms with Crippen LogP contribution in [0.1, 0.15) is 12.8 Å². The van der Waals surface area contributed by atoms with Crippen molar-refractivity contribution < 1.29 is 14.3 Å². The predicted molar refractivity (Wildman–Crippen MR) is 37.7 cm³/mol. The van der Waals surface area contributed by atoms with Gasteiger partial charge in [-0.15, -0.1) is 0 Å². The molecule has 0 aromatic carbocycles. The second kappa shape index (κ2) is 3.67. The largest absolute Gasteiger partial charge is 0.394 e. The van der Waals surface area contributed by atoms with E-state index in [0.717, 1.165) is 0 Å². The predicted octanol–water partition coefficient (Wildman–Crippen LogP) is -0.157. The minimum atomic E-state index is -0.421. The van der Waals surface area contributed by atoms with Crippen molar-refractivity contribution in [2.45, 2.75) is 18.9 Å². The molecule has 0 bridgehead atoms. The van der Waals surface area contributed by atoms with Crippen LogP contribution in [-0.4, -0.2) is 30.3 Å². The van der Waals surface area contributed by atoms with Crippen molar-refractivity contribution in [1.29, 1.82) is 0 Å². The summed E-state index contributed by atoms with van der Waals surface area (Å²) in [7, 11) is 0. The molecule has 2 atom stereocenters. The Morgan fingerprint density at radius 2 is 2.45 bits per heavy atom. The van der Waals surface area contributed by atoms with E-state index < -0.39 is 6.67 Å². The molecular weight excluding hydrogens is 149 g/mol. The average molecular weight is 161 g/mol. The molecular formula is C7H12FNO2. The maximum Gasteiger partial charge on any atom is 0.220 e. The lowest BCUT2D eigenvalue weighted by Crippen LogP contribution is -2.32. The van der Waals surface area contributed by atoms with E-state index in [-0.39, 0.29) is 24.5 Å². The van der Waals surface area contributed by atoms with E-state index in [1.165, 1.54) is 0 Å². The van der Waals surface area contributed by atoms with Crippen LogP contribution in [0.15, 0.2) is 0 Å². The molecule has 1 saturated heterocycles. The molecule has 4 heteroatoms. The molecule has 0 aromatic heterocycles. The third-order valence-electron chi connectivity index (χ3n) is 2.04. The highest BCUT2D eigenvalue weighted by atomic mass is 19.1. The molecule has 1 fully saturated rings. The minimum absolute atomic E-state index is 0.0162. The first-order chi connectivity index (χ1) is 5.27. The van der Waals surface area contributed by atoms with E-state index in [1.54, 1.807) is 0 Å². The molecule has 3 nitrogen and oxygen atoms in total. The number of carbonyl (C=O) groups excluding carboxylic acids is 1. The SMILES string of the molecule is O=C1CC(CCF)C(CO)N1. The Kier molecular flexibility index (Phi) is 2.82. The van der Waals surface area contributed by atoms with Crippen LogP contribution >= 0.6 is 0 Å². The van der Waals surface area contributed by atoms with Gasteiger partial charge in [-0.25, -0.2) is 0 Å². The van der Waals surface area contributed by atoms with Crippen LogP contribution in [0.5, 0.6) is 0 Å². The van der Waals surface area contributed by atoms with Crippen LogP contribution in [-0.2, 0) is 4.79 Å². The second-order valence-corrected chi connectivity index (χ2v) is 2.80. The first kappa shape index (κ1) is 8.46. The molecule has 64 valence electrons. The Labute approximate surface area is 64.6 Å². The van der Waals surface area contributed by atoms with E-state index >= 15 is 0 Å². The summed E-state index contributed by atoms with van der Waals surface area (Å²) >= 11 is 0. The highest BCUT2D eigenvalue weighted by Crippen LogP contribution is 2.19. The Morgan fingerprint density at radius 1 is 1.73 bits per heavy atom. The molecule has 0 aliphatic carbocycles. The molecule has 0 radical (unpaired) electrons. The summed E-state index contributed by atoms with van der Waals surface area (Å²) in [4.78, 5) is 10.8. The van der Waals surface area contributed by atoms with Crippen molar-refractivity contribution in [2.75, 3.05) is 13.3 Å². The number of amides is 1. The topological polar surface area (TPSA) is 49.3 Å². The van der Waals surface area contributed by atoms with E-state index in [0.29, 0.717) is 12.8 Å². The number of nitrogens with one attached hydrogen (secondary N) is 1. The van der Waals surface area contributed by atoms with Crippen molar-refractivity contribution in [3.63, 3.8) is 0 Å². The monoisotopic (exact) mass is 161 g/mol. The van der Waals surface area contributed by atoms with Crippen molar-refractivity contribution in [2.24, 2.45) is 5.92 Å². The summed E-state index contributed by atoms with van der Waals surface area (Å²) in [5, 5.41) is 11.3. The molecule has 1 amide bonds. The molecule has 2 unspecified atom stereocenters. The second-order valence-electron chi connectivity index (χ2n) is 2.80. The lowest BCUT2D eigenvalue weighted by molar-refractivity contribution is -0.119. The fraction of sp³-hybridized carbons (Fsp3) is 0.857. The van der Waals surface area contributed by atoms with Gasteiger partial charge in [-0.1, -0.05) is 0 Å². The number of hydrogen-bond donors (Lipinski definition) is 2. The molecule has 1 aliphatic heterocycles. The van der Waals surface area contributed by atoms with Crippen LogP contribution in [0.3, 0.4) is 0 Å². The van der Waals surface area contributed by atoms with Gasteiger partial charge < -0.3 is 10.4 Å². The van der Waals surface area contributed by atoms with Crippen molar-refractivity contribution in [1.82, 2.24) is 5.32 Å². The number of halogens is 1. The smallest absolute Gasteiger partial charge is 0.220 e. The molecule has 0 spiro atoms. The lowest BCUT2D eigenvalue weighted by atomic mass is 9.98. The van der Waals surface area contributed by atoms with Gasteiger partial charge in [-0.2, -0.15) is 0 Å². The first-order valence-electron chi connectivity index (χ1n) is 3.74. The van der Waals surface area contributed by atoms with Gasteiger partial charge in [0.15, 0.2) is 0 Å². The van der Waals surface area contributed by atoms with Gasteiger partial charge >= 0.3 is 0 Å². The number of hydrogen-bond acceptors (Lipinski definition) is 2. The van der Waals surface area contributed by atoms with Crippen LogP contribution in [0, 0.1) is 5.92 Å². The standard InChI is InChI=1S/C7H12FNO2/c8-2-1-5-3-7(11)9-6(5)4-10/h5-6,10H,1-4H2,(H,9,11). The molecule has 1 rings (SSSR count). The van der Waals surface area contributed by atoms with Crippen molar-refractivity contribution in [3.05, 3.63) is 0 Å².